The van der Waals surface area contributed by atoms with E-state index in [0.29, 0.717) is 25.0 Å². The van der Waals surface area contributed by atoms with E-state index in [4.69, 9.17) is 14.4 Å². The molecule has 0 spiro atoms. The maximum Gasteiger partial charge on any atom is 0.203 e. The van der Waals surface area contributed by atoms with Gasteiger partial charge in [-0.25, -0.2) is 0 Å². The monoisotopic (exact) mass is 282 g/mol. The van der Waals surface area contributed by atoms with Crippen LogP contribution in [0.3, 0.4) is 0 Å². The predicted molar refractivity (Wildman–Crippen MR) is 78.7 cm³/mol. The Kier molecular flexibility index (Phi) is 4.23. The number of furan rings is 1. The summed E-state index contributed by atoms with van der Waals surface area (Å²) in [6.45, 7) is 1.31. The van der Waals surface area contributed by atoms with Crippen molar-refractivity contribution in [3.63, 3.8) is 0 Å². The van der Waals surface area contributed by atoms with E-state index >= 15 is 0 Å². The van der Waals surface area contributed by atoms with Crippen LogP contribution in [0.4, 0.5) is 0 Å². The van der Waals surface area contributed by atoms with Crippen LogP contribution in [0, 0.1) is 11.3 Å². The third-order valence-corrected chi connectivity index (χ3v) is 3.70. The highest BCUT2D eigenvalue weighted by atomic mass is 16.5. The van der Waals surface area contributed by atoms with Gasteiger partial charge in [0.25, 0.3) is 0 Å². The lowest BCUT2D eigenvalue weighted by atomic mass is 9.96. The van der Waals surface area contributed by atoms with Gasteiger partial charge >= 0.3 is 0 Å². The Morgan fingerprint density at radius 1 is 1.19 bits per heavy atom. The van der Waals surface area contributed by atoms with Crippen molar-refractivity contribution in [2.24, 2.45) is 0 Å². The van der Waals surface area contributed by atoms with E-state index in [1.54, 1.807) is 6.07 Å². The highest BCUT2D eigenvalue weighted by Gasteiger charge is 2.20. The summed E-state index contributed by atoms with van der Waals surface area (Å²) in [7, 11) is 0. The smallest absolute Gasteiger partial charge is 0.203 e. The Bertz CT molecular complexity index is 638. The fourth-order valence-corrected chi connectivity index (χ4v) is 2.29. The summed E-state index contributed by atoms with van der Waals surface area (Å²) in [6, 6.07) is 13.6. The molecule has 1 aliphatic rings. The number of hydrogen-bond acceptors (Lipinski definition) is 4. The molecule has 0 atom stereocenters. The van der Waals surface area contributed by atoms with Gasteiger partial charge in [0.2, 0.25) is 5.76 Å². The van der Waals surface area contributed by atoms with Gasteiger partial charge in [0.15, 0.2) is 0 Å². The van der Waals surface area contributed by atoms with Crippen molar-refractivity contribution in [1.29, 1.82) is 5.26 Å². The normalized spacial score (nSPS) is 14.4. The van der Waals surface area contributed by atoms with Crippen molar-refractivity contribution in [1.82, 2.24) is 5.32 Å². The largest absolute Gasteiger partial charge is 0.490 e. The minimum absolute atomic E-state index is 0.348. The molecule has 3 rings (SSSR count). The Balaban J connectivity index is 1.55. The van der Waals surface area contributed by atoms with Crippen LogP contribution >= 0.6 is 0 Å². The lowest BCUT2D eigenvalue weighted by Crippen LogP contribution is -2.25. The summed E-state index contributed by atoms with van der Waals surface area (Å²) in [4.78, 5) is 0. The Morgan fingerprint density at radius 3 is 2.76 bits per heavy atom. The van der Waals surface area contributed by atoms with Gasteiger partial charge in [-0.3, -0.25) is 0 Å². The van der Waals surface area contributed by atoms with Crippen molar-refractivity contribution in [2.45, 2.75) is 38.5 Å². The molecule has 1 heterocycles. The van der Waals surface area contributed by atoms with Gasteiger partial charge in [0, 0.05) is 12.1 Å². The molecule has 1 fully saturated rings. The van der Waals surface area contributed by atoms with Gasteiger partial charge in [-0.15, -0.1) is 0 Å². The maximum atomic E-state index is 8.72. The molecule has 2 aromatic rings. The number of nitriles is 1. The highest BCUT2D eigenvalue weighted by Crippen LogP contribution is 2.27. The van der Waals surface area contributed by atoms with Crippen molar-refractivity contribution in [3.8, 4) is 11.8 Å². The number of nitrogens with zero attached hydrogens (tertiary/aromatic N) is 1. The Labute approximate surface area is 124 Å². The summed E-state index contributed by atoms with van der Waals surface area (Å²) in [5.74, 6) is 2.08. The molecule has 21 heavy (non-hydrogen) atoms. The van der Waals surface area contributed by atoms with E-state index in [1.165, 1.54) is 6.42 Å². The fraction of sp³-hybridized carbons (Fsp3) is 0.353. The summed E-state index contributed by atoms with van der Waals surface area (Å²) >= 11 is 0. The van der Waals surface area contributed by atoms with Crippen LogP contribution in [-0.4, -0.2) is 6.10 Å². The lowest BCUT2D eigenvalue weighted by molar-refractivity contribution is 0.119. The van der Waals surface area contributed by atoms with Crippen molar-refractivity contribution < 1.29 is 9.15 Å². The SMILES string of the molecule is N#Cc1ccc(CNCc2ccccc2OC2CCC2)o1. The minimum Gasteiger partial charge on any atom is -0.490 e. The molecule has 4 nitrogen and oxygen atoms in total. The maximum absolute atomic E-state index is 8.72. The van der Waals surface area contributed by atoms with Gasteiger partial charge in [-0.05, 0) is 37.5 Å². The second kappa shape index (κ2) is 6.47. The van der Waals surface area contributed by atoms with Gasteiger partial charge in [0.1, 0.15) is 17.6 Å². The zero-order chi connectivity index (χ0) is 14.5. The standard InChI is InChI=1S/C17H18N2O2/c18-10-15-8-9-16(20-15)12-19-11-13-4-1-2-7-17(13)21-14-5-3-6-14/h1-2,4,7-9,14,19H,3,5-6,11-12H2. The van der Waals surface area contributed by atoms with E-state index in [0.717, 1.165) is 29.9 Å². The fourth-order valence-electron chi connectivity index (χ4n) is 2.29. The average molecular weight is 282 g/mol. The van der Waals surface area contributed by atoms with Crippen LogP contribution < -0.4 is 10.1 Å². The first-order valence-corrected chi connectivity index (χ1v) is 7.29. The number of rotatable bonds is 6. The molecule has 1 aromatic carbocycles. The molecule has 0 unspecified atom stereocenters. The highest BCUT2D eigenvalue weighted by molar-refractivity contribution is 5.33. The summed E-state index contributed by atoms with van der Waals surface area (Å²) in [6.07, 6.45) is 3.97. The van der Waals surface area contributed by atoms with Crippen LogP contribution in [0.1, 0.15) is 36.3 Å². The zero-order valence-electron chi connectivity index (χ0n) is 11.8. The number of para-hydroxylation sites is 1. The van der Waals surface area contributed by atoms with Crippen molar-refractivity contribution in [3.05, 3.63) is 53.5 Å². The van der Waals surface area contributed by atoms with Crippen LogP contribution in [0.2, 0.25) is 0 Å². The van der Waals surface area contributed by atoms with E-state index in [1.807, 2.05) is 30.3 Å². The third kappa shape index (κ3) is 3.45. The van der Waals surface area contributed by atoms with E-state index in [-0.39, 0.29) is 0 Å². The molecule has 0 radical (unpaired) electrons. The van der Waals surface area contributed by atoms with E-state index < -0.39 is 0 Å². The second-order valence-corrected chi connectivity index (χ2v) is 5.26. The second-order valence-electron chi connectivity index (χ2n) is 5.26. The summed E-state index contributed by atoms with van der Waals surface area (Å²) in [5.41, 5.74) is 1.15. The van der Waals surface area contributed by atoms with Gasteiger partial charge in [0.05, 0.1) is 12.6 Å². The molecule has 0 bridgehead atoms. The molecular weight excluding hydrogens is 264 g/mol. The minimum atomic E-state index is 0.348. The third-order valence-electron chi connectivity index (χ3n) is 3.70. The molecule has 0 aliphatic heterocycles. The lowest BCUT2D eigenvalue weighted by Gasteiger charge is -2.27. The number of benzene rings is 1. The van der Waals surface area contributed by atoms with E-state index in [2.05, 4.69) is 11.4 Å². The molecular formula is C17H18N2O2. The molecule has 1 N–H and O–H groups in total. The van der Waals surface area contributed by atoms with Crippen molar-refractivity contribution >= 4 is 0 Å². The Hall–Kier alpha value is -2.25. The van der Waals surface area contributed by atoms with Gasteiger partial charge in [-0.1, -0.05) is 18.2 Å². The number of hydrogen-bond donors (Lipinski definition) is 1. The number of ether oxygens (including phenoxy) is 1. The topological polar surface area (TPSA) is 58.2 Å². The first-order valence-electron chi connectivity index (χ1n) is 7.29. The van der Waals surface area contributed by atoms with Gasteiger partial charge in [-0.2, -0.15) is 5.26 Å². The predicted octanol–water partition coefficient (Wildman–Crippen LogP) is 3.37. The first kappa shape index (κ1) is 13.7. The molecule has 1 aliphatic carbocycles. The summed E-state index contributed by atoms with van der Waals surface area (Å²) in [5, 5.41) is 12.0. The summed E-state index contributed by atoms with van der Waals surface area (Å²) < 4.78 is 11.3. The van der Waals surface area contributed by atoms with Crippen molar-refractivity contribution in [2.75, 3.05) is 0 Å². The molecule has 4 heteroatoms. The first-order chi connectivity index (χ1) is 10.3. The molecule has 0 amide bonds. The quantitative estimate of drug-likeness (QED) is 0.882. The zero-order valence-corrected chi connectivity index (χ0v) is 11.8. The Morgan fingerprint density at radius 2 is 2.05 bits per heavy atom. The van der Waals surface area contributed by atoms with Crippen LogP contribution in [0.25, 0.3) is 0 Å². The molecule has 1 saturated carbocycles. The van der Waals surface area contributed by atoms with Crippen LogP contribution in [0.5, 0.6) is 5.75 Å². The average Bonchev–Trinajstić information content (AvgIpc) is 2.92. The van der Waals surface area contributed by atoms with Gasteiger partial charge < -0.3 is 14.5 Å². The molecule has 1 aromatic heterocycles. The van der Waals surface area contributed by atoms with Crippen LogP contribution in [-0.2, 0) is 13.1 Å². The molecule has 0 saturated heterocycles. The van der Waals surface area contributed by atoms with Crippen LogP contribution in [0.15, 0.2) is 40.8 Å². The number of nitrogens with one attached hydrogen (secondary N) is 1. The van der Waals surface area contributed by atoms with E-state index in [9.17, 15) is 0 Å². The molecule has 108 valence electrons.